The quantitative estimate of drug-likeness (QED) is 0.347. The third-order valence-corrected chi connectivity index (χ3v) is 8.31. The first-order valence-corrected chi connectivity index (χ1v) is 13.9. The van der Waals surface area contributed by atoms with Crippen LogP contribution in [0, 0.1) is 5.92 Å². The second kappa shape index (κ2) is 11.0. The van der Waals surface area contributed by atoms with E-state index in [1.165, 1.54) is 17.8 Å². The van der Waals surface area contributed by atoms with Crippen LogP contribution in [0.5, 0.6) is 0 Å². The lowest BCUT2D eigenvalue weighted by molar-refractivity contribution is -0.150. The Morgan fingerprint density at radius 3 is 2.63 bits per heavy atom. The van der Waals surface area contributed by atoms with Crippen molar-refractivity contribution in [2.75, 3.05) is 20.3 Å². The first-order chi connectivity index (χ1) is 20.4. The molecule has 0 spiro atoms. The molecule has 0 bridgehead atoms. The predicted octanol–water partition coefficient (Wildman–Crippen LogP) is 3.93. The Kier molecular flexibility index (Phi) is 7.46. The summed E-state index contributed by atoms with van der Waals surface area (Å²) in [5, 5.41) is 16.8. The number of halogens is 5. The maximum atomic E-state index is 14.0. The molecule has 2 saturated carbocycles. The highest BCUT2D eigenvalue weighted by atomic mass is 19.4. The van der Waals surface area contributed by atoms with E-state index >= 15 is 0 Å². The Morgan fingerprint density at radius 2 is 1.98 bits per heavy atom. The van der Waals surface area contributed by atoms with E-state index in [0.717, 1.165) is 17.7 Å². The van der Waals surface area contributed by atoms with Crippen molar-refractivity contribution >= 4 is 17.6 Å². The summed E-state index contributed by atoms with van der Waals surface area (Å²) >= 11 is 0. The molecule has 3 aliphatic rings. The molecule has 12 nitrogen and oxygen atoms in total. The third-order valence-electron chi connectivity index (χ3n) is 8.31. The minimum Gasteiger partial charge on any atom is -0.382 e. The fourth-order valence-corrected chi connectivity index (χ4v) is 5.79. The van der Waals surface area contributed by atoms with Gasteiger partial charge in [0.15, 0.2) is 11.3 Å². The molecule has 0 aromatic carbocycles. The number of hydrogen-bond acceptors (Lipinski definition) is 8. The molecule has 3 amide bonds. The van der Waals surface area contributed by atoms with E-state index in [1.807, 2.05) is 5.32 Å². The van der Waals surface area contributed by atoms with Gasteiger partial charge in [-0.25, -0.2) is 27.7 Å². The lowest BCUT2D eigenvalue weighted by Gasteiger charge is -2.33. The van der Waals surface area contributed by atoms with Crippen molar-refractivity contribution in [2.45, 2.75) is 74.7 Å². The van der Waals surface area contributed by atoms with Crippen molar-refractivity contribution in [3.63, 3.8) is 0 Å². The number of carbonyl (C=O) groups excluding carboxylic acids is 2. The topological polar surface area (TPSA) is 140 Å². The fraction of sp³-hybridized carbons (Fsp3) is 0.615. The highest BCUT2D eigenvalue weighted by molar-refractivity contribution is 5.93. The molecule has 3 fully saturated rings. The highest BCUT2D eigenvalue weighted by Gasteiger charge is 2.49. The maximum Gasteiger partial charge on any atom is 0.410 e. The number of imidazole rings is 1. The average molecular weight is 613 g/mol. The van der Waals surface area contributed by atoms with Gasteiger partial charge >= 0.3 is 12.2 Å². The number of hydrogen-bond donors (Lipinski definition) is 2. The molecule has 3 aromatic heterocycles. The smallest absolute Gasteiger partial charge is 0.382 e. The number of nitrogens with zero attached hydrogens (tertiary/aromatic N) is 6. The second-order valence-corrected chi connectivity index (χ2v) is 11.3. The van der Waals surface area contributed by atoms with Crippen LogP contribution in [-0.4, -0.2) is 80.2 Å². The number of nitrogens with one attached hydrogen (secondary N) is 2. The van der Waals surface area contributed by atoms with Crippen LogP contribution in [-0.2, 0) is 4.74 Å². The molecule has 43 heavy (non-hydrogen) atoms. The molecule has 1 aliphatic heterocycles. The van der Waals surface area contributed by atoms with Crippen molar-refractivity contribution in [3.05, 3.63) is 41.1 Å². The molecule has 2 N–H and O–H groups in total. The summed E-state index contributed by atoms with van der Waals surface area (Å²) in [6, 6.07) is -3.02. The minimum absolute atomic E-state index is 0.0428. The Hall–Kier alpha value is -3.89. The van der Waals surface area contributed by atoms with Gasteiger partial charge < -0.3 is 20.3 Å². The normalized spacial score (nSPS) is 22.5. The summed E-state index contributed by atoms with van der Waals surface area (Å²) in [6.07, 6.45) is -0.350. The maximum absolute atomic E-state index is 14.0. The van der Waals surface area contributed by atoms with Crippen molar-refractivity contribution in [2.24, 2.45) is 5.92 Å². The van der Waals surface area contributed by atoms with Gasteiger partial charge in [-0.15, -0.1) is 0 Å². The fourth-order valence-electron chi connectivity index (χ4n) is 5.79. The number of ether oxygens (including phenoxy) is 1. The number of methoxy groups -OCH3 is 1. The van der Waals surface area contributed by atoms with Gasteiger partial charge in [0.2, 0.25) is 5.92 Å². The molecule has 2 aliphatic carbocycles. The predicted molar refractivity (Wildman–Crippen MR) is 136 cm³/mol. The van der Waals surface area contributed by atoms with Crippen LogP contribution in [0.2, 0.25) is 0 Å². The van der Waals surface area contributed by atoms with Crippen LogP contribution in [0.25, 0.3) is 5.65 Å². The van der Waals surface area contributed by atoms with Crippen LogP contribution in [0.1, 0.15) is 84.0 Å². The van der Waals surface area contributed by atoms with Gasteiger partial charge in [0.25, 0.3) is 5.91 Å². The van der Waals surface area contributed by atoms with Gasteiger partial charge in [0.05, 0.1) is 43.3 Å². The summed E-state index contributed by atoms with van der Waals surface area (Å²) in [6.45, 7) is -0.713. The van der Waals surface area contributed by atoms with Crippen LogP contribution >= 0.6 is 0 Å². The average Bonchev–Trinajstić information content (AvgIpc) is 3.33. The first-order valence-electron chi connectivity index (χ1n) is 13.9. The SMILES string of the molecule is COC[C@H](c1cnn2cc([C@@H](NC(=O)c3nonc3C3CC3)C3CCC(F)(F)CC3)nc2c1)N1C[C@@H](C(F)(F)F)NC1=O. The van der Waals surface area contributed by atoms with E-state index in [9.17, 15) is 31.5 Å². The van der Waals surface area contributed by atoms with Gasteiger partial charge in [-0.05, 0) is 42.8 Å². The van der Waals surface area contributed by atoms with Crippen molar-refractivity contribution in [3.8, 4) is 0 Å². The molecule has 3 aromatic rings. The van der Waals surface area contributed by atoms with Gasteiger partial charge in [0, 0.05) is 31.4 Å². The monoisotopic (exact) mass is 612 g/mol. The summed E-state index contributed by atoms with van der Waals surface area (Å²) in [5.74, 6) is -3.64. The van der Waals surface area contributed by atoms with Crippen LogP contribution < -0.4 is 10.6 Å². The summed E-state index contributed by atoms with van der Waals surface area (Å²) in [7, 11) is 1.36. The van der Waals surface area contributed by atoms with Crippen LogP contribution in [0.3, 0.4) is 0 Å². The summed E-state index contributed by atoms with van der Waals surface area (Å²) < 4.78 is 79.4. The molecule has 4 heterocycles. The molecule has 6 rings (SSSR count). The third kappa shape index (κ3) is 5.99. The Balaban J connectivity index is 1.29. The molecular formula is C26H29F5N8O4. The van der Waals surface area contributed by atoms with E-state index in [2.05, 4.69) is 25.7 Å². The molecular weight excluding hydrogens is 583 g/mol. The molecule has 1 saturated heterocycles. The molecule has 0 unspecified atom stereocenters. The highest BCUT2D eigenvalue weighted by Crippen LogP contribution is 2.43. The van der Waals surface area contributed by atoms with Gasteiger partial charge in [-0.2, -0.15) is 18.3 Å². The summed E-state index contributed by atoms with van der Waals surface area (Å²) in [4.78, 5) is 31.5. The number of urea groups is 1. The molecule has 232 valence electrons. The van der Waals surface area contributed by atoms with Crippen molar-refractivity contribution in [1.82, 2.24) is 40.4 Å². The first kappa shape index (κ1) is 29.2. The van der Waals surface area contributed by atoms with E-state index in [0.29, 0.717) is 17.0 Å². The Bertz CT molecular complexity index is 1500. The van der Waals surface area contributed by atoms with Gasteiger partial charge in [0.1, 0.15) is 11.7 Å². The number of rotatable bonds is 9. The van der Waals surface area contributed by atoms with Crippen LogP contribution in [0.15, 0.2) is 23.1 Å². The number of alkyl halides is 5. The Labute approximate surface area is 241 Å². The molecule has 17 heteroatoms. The van der Waals surface area contributed by atoms with E-state index < -0.39 is 48.7 Å². The van der Waals surface area contributed by atoms with E-state index in [-0.39, 0.29) is 55.5 Å². The minimum atomic E-state index is -4.62. The summed E-state index contributed by atoms with van der Waals surface area (Å²) in [5.41, 5.74) is 1.52. The van der Waals surface area contributed by atoms with E-state index in [1.54, 1.807) is 12.3 Å². The lowest BCUT2D eigenvalue weighted by atomic mass is 9.81. The van der Waals surface area contributed by atoms with Crippen molar-refractivity contribution in [1.29, 1.82) is 0 Å². The standard InChI is InChI=1S/C26H29F5N8O4/c1-42-12-17(38-11-18(26(29,30)31)34-24(38)41)15-8-19-33-16(10-39(19)32-9-15)20(14-4-6-25(27,28)7-5-14)35-23(40)22-21(13-2-3-13)36-43-37-22/h8-10,13-14,17-18,20H,2-7,11-12H2,1H3,(H,34,41)(H,35,40)/t17-,18+,20+/m1/s1. The zero-order chi connectivity index (χ0) is 30.5. The number of aromatic nitrogens is 5. The number of amides is 3. The molecule has 3 atom stereocenters. The van der Waals surface area contributed by atoms with Gasteiger partial charge in [-0.1, -0.05) is 5.16 Å². The largest absolute Gasteiger partial charge is 0.410 e. The lowest BCUT2D eigenvalue weighted by Crippen LogP contribution is -2.40. The van der Waals surface area contributed by atoms with Crippen LogP contribution in [0.4, 0.5) is 26.7 Å². The number of fused-ring (bicyclic) bond motifs is 1. The Morgan fingerprint density at radius 1 is 1.23 bits per heavy atom. The van der Waals surface area contributed by atoms with E-state index in [4.69, 9.17) is 9.37 Å². The van der Waals surface area contributed by atoms with Crippen molar-refractivity contribution < 1.29 is 40.9 Å². The zero-order valence-corrected chi connectivity index (χ0v) is 23.0. The molecule has 0 radical (unpaired) electrons. The second-order valence-electron chi connectivity index (χ2n) is 11.3. The van der Waals surface area contributed by atoms with Gasteiger partial charge in [-0.3, -0.25) is 4.79 Å². The zero-order valence-electron chi connectivity index (χ0n) is 23.0. The number of carbonyl (C=O) groups is 2.